The first-order valence-electron chi connectivity index (χ1n) is 7.79. The van der Waals surface area contributed by atoms with Crippen LogP contribution in [-0.2, 0) is 10.4 Å². The minimum absolute atomic E-state index is 0.00717. The summed E-state index contributed by atoms with van der Waals surface area (Å²) in [7, 11) is 0. The molecule has 0 atom stereocenters. The van der Waals surface area contributed by atoms with Gasteiger partial charge in [-0.25, -0.2) is 9.97 Å². The molecule has 0 aliphatic rings. The minimum Gasteiger partial charge on any atom is -0.311 e. The number of hydrogen-bond acceptors (Lipinski definition) is 5. The van der Waals surface area contributed by atoms with Crippen molar-refractivity contribution in [1.29, 1.82) is 0 Å². The van der Waals surface area contributed by atoms with Gasteiger partial charge < -0.3 is 5.32 Å². The number of halogens is 3. The summed E-state index contributed by atoms with van der Waals surface area (Å²) in [5.41, 5.74) is 1.60. The Hall–Kier alpha value is -2.14. The van der Waals surface area contributed by atoms with Crippen LogP contribution in [0.2, 0.25) is 0 Å². The van der Waals surface area contributed by atoms with Crippen molar-refractivity contribution in [3.05, 3.63) is 70.4 Å². The highest BCUT2D eigenvalue weighted by atomic mass is 127. The number of aryl methyl sites for hydroxylation is 1. The molecule has 1 amide bonds. The molecule has 1 aromatic carbocycles. The van der Waals surface area contributed by atoms with E-state index in [1.807, 2.05) is 0 Å². The first-order chi connectivity index (χ1) is 12.9. The second-order valence-corrected chi connectivity index (χ2v) is 8.78. The molecule has 5 nitrogen and oxygen atoms in total. The SMILES string of the molecule is C=IC(F)(F)c1cccc(Cc2nc(C)c(NC(=O)c3cnccn3)s2)c1. The molecule has 2 aromatic heterocycles. The fourth-order valence-electron chi connectivity index (χ4n) is 2.34. The van der Waals surface area contributed by atoms with Gasteiger partial charge in [0.15, 0.2) is 0 Å². The van der Waals surface area contributed by atoms with Crippen LogP contribution in [0.1, 0.15) is 32.3 Å². The van der Waals surface area contributed by atoms with Gasteiger partial charge in [0.25, 0.3) is 5.91 Å². The Bertz CT molecular complexity index is 979. The second-order valence-electron chi connectivity index (χ2n) is 5.58. The van der Waals surface area contributed by atoms with Crippen molar-refractivity contribution in [3.8, 4) is 0 Å². The van der Waals surface area contributed by atoms with E-state index >= 15 is 0 Å². The lowest BCUT2D eigenvalue weighted by atomic mass is 10.1. The molecule has 0 bridgehead atoms. The van der Waals surface area contributed by atoms with Crippen LogP contribution in [0.4, 0.5) is 13.8 Å². The number of aromatic nitrogens is 3. The summed E-state index contributed by atoms with van der Waals surface area (Å²) in [6.07, 6.45) is 4.72. The number of nitrogens with one attached hydrogen (secondary N) is 1. The predicted octanol–water partition coefficient (Wildman–Crippen LogP) is 4.54. The lowest BCUT2D eigenvalue weighted by Crippen LogP contribution is -2.13. The summed E-state index contributed by atoms with van der Waals surface area (Å²) in [5, 5.41) is 4.10. The fourth-order valence-corrected chi connectivity index (χ4v) is 4.11. The maximum atomic E-state index is 13.9. The second kappa shape index (κ2) is 8.26. The van der Waals surface area contributed by atoms with Crippen molar-refractivity contribution in [2.45, 2.75) is 17.3 Å². The number of thiazole rings is 1. The third kappa shape index (κ3) is 4.78. The summed E-state index contributed by atoms with van der Waals surface area (Å²) in [6, 6.07) is 6.33. The van der Waals surface area contributed by atoms with Crippen LogP contribution in [0.5, 0.6) is 0 Å². The Morgan fingerprint density at radius 1 is 1.37 bits per heavy atom. The number of alkyl halides is 3. The molecule has 3 rings (SSSR count). The molecular formula is C18H15F2IN4OS. The number of carbonyl (C=O) groups is 1. The van der Waals surface area contributed by atoms with Gasteiger partial charge in [-0.15, -0.1) is 11.3 Å². The summed E-state index contributed by atoms with van der Waals surface area (Å²) in [4.78, 5) is 24.5. The molecule has 0 aliphatic carbocycles. The van der Waals surface area contributed by atoms with E-state index in [2.05, 4.69) is 24.8 Å². The molecule has 3 aromatic rings. The van der Waals surface area contributed by atoms with Gasteiger partial charge in [-0.1, -0.05) is 22.7 Å². The Labute approximate surface area is 168 Å². The van der Waals surface area contributed by atoms with Crippen molar-refractivity contribution in [2.75, 3.05) is 5.32 Å². The Balaban J connectivity index is 1.76. The molecule has 0 saturated heterocycles. The molecular weight excluding hydrogens is 485 g/mol. The van der Waals surface area contributed by atoms with Gasteiger partial charge in [-0.05, 0) is 39.3 Å². The highest BCUT2D eigenvalue weighted by molar-refractivity contribution is 14.2. The predicted molar refractivity (Wildman–Crippen MR) is 111 cm³/mol. The number of anilines is 1. The Morgan fingerprint density at radius 2 is 2.19 bits per heavy atom. The van der Waals surface area contributed by atoms with Crippen LogP contribution in [0.25, 0.3) is 0 Å². The van der Waals surface area contributed by atoms with Crippen LogP contribution in [0.15, 0.2) is 42.9 Å². The fraction of sp³-hybridized carbons (Fsp3) is 0.167. The van der Waals surface area contributed by atoms with Crippen molar-refractivity contribution in [2.24, 2.45) is 0 Å². The highest BCUT2D eigenvalue weighted by Gasteiger charge is 2.28. The zero-order chi connectivity index (χ0) is 19.4. The quantitative estimate of drug-likeness (QED) is 0.399. The van der Waals surface area contributed by atoms with Crippen molar-refractivity contribution in [3.63, 3.8) is 0 Å². The van der Waals surface area contributed by atoms with Gasteiger partial charge in [0.2, 0.25) is 0 Å². The van der Waals surface area contributed by atoms with Gasteiger partial charge in [-0.2, -0.15) is 8.78 Å². The van der Waals surface area contributed by atoms with E-state index in [9.17, 15) is 13.6 Å². The lowest BCUT2D eigenvalue weighted by Gasteiger charge is -2.11. The smallest absolute Gasteiger partial charge is 0.311 e. The number of carbonyl (C=O) groups excluding carboxylic acids is 1. The van der Waals surface area contributed by atoms with E-state index in [4.69, 9.17) is 0 Å². The van der Waals surface area contributed by atoms with Crippen LogP contribution in [0.3, 0.4) is 0 Å². The molecule has 27 heavy (non-hydrogen) atoms. The number of nitrogens with zero attached hydrogens (tertiary/aromatic N) is 3. The third-order valence-electron chi connectivity index (χ3n) is 3.64. The molecule has 9 heteroatoms. The average molecular weight is 500 g/mol. The first-order valence-corrected chi connectivity index (χ1v) is 11.2. The number of hydrogen-bond donors (Lipinski definition) is 1. The lowest BCUT2D eigenvalue weighted by molar-refractivity contribution is 0.102. The van der Waals surface area contributed by atoms with Gasteiger partial charge >= 0.3 is 3.93 Å². The Morgan fingerprint density at radius 3 is 2.89 bits per heavy atom. The third-order valence-corrected chi connectivity index (χ3v) is 6.29. The van der Waals surface area contributed by atoms with Crippen molar-refractivity contribution >= 4 is 47.5 Å². The van der Waals surface area contributed by atoms with Gasteiger partial charge in [-0.3, -0.25) is 9.78 Å². The summed E-state index contributed by atoms with van der Waals surface area (Å²) in [6.45, 7) is 1.78. The van der Waals surface area contributed by atoms with E-state index in [0.29, 0.717) is 17.1 Å². The maximum Gasteiger partial charge on any atom is 0.316 e. The summed E-state index contributed by atoms with van der Waals surface area (Å²) in [5.74, 6) is -0.373. The Kier molecular flexibility index (Phi) is 6.00. The topological polar surface area (TPSA) is 67.8 Å². The summed E-state index contributed by atoms with van der Waals surface area (Å²) < 4.78 is 28.4. The number of rotatable bonds is 6. The molecule has 0 spiro atoms. The van der Waals surface area contributed by atoms with Gasteiger partial charge in [0.1, 0.15) is 10.7 Å². The normalized spacial score (nSPS) is 11.4. The molecule has 140 valence electrons. The standard InChI is InChI=1S/C18H15F2IN4OS/c1-11-17(25-16(26)14-10-22-6-7-23-14)27-15(24-11)9-12-4-3-5-13(8-12)18(19,20)21-2/h3-8,10H,2,9H2,1H3,(H,25,26). The largest absolute Gasteiger partial charge is 0.316 e. The monoisotopic (exact) mass is 500 g/mol. The van der Waals surface area contributed by atoms with Crippen LogP contribution < -0.4 is 5.32 Å². The molecule has 0 saturated carbocycles. The van der Waals surface area contributed by atoms with Crippen LogP contribution in [0, 0.1) is 6.92 Å². The molecule has 0 aliphatic heterocycles. The van der Waals surface area contributed by atoms with E-state index in [0.717, 1.165) is 10.6 Å². The minimum atomic E-state index is -2.84. The first kappa shape index (κ1) is 19.6. The van der Waals surface area contributed by atoms with E-state index in [1.165, 1.54) is 42.1 Å². The van der Waals surface area contributed by atoms with Gasteiger partial charge in [0.05, 0.1) is 16.9 Å². The average Bonchev–Trinajstić information content (AvgIpc) is 3.01. The molecule has 1 N–H and O–H groups in total. The van der Waals surface area contributed by atoms with E-state index < -0.39 is 24.7 Å². The van der Waals surface area contributed by atoms with E-state index in [-0.39, 0.29) is 17.2 Å². The number of amides is 1. The van der Waals surface area contributed by atoms with Crippen LogP contribution >= 0.6 is 32.1 Å². The van der Waals surface area contributed by atoms with Crippen molar-refractivity contribution in [1.82, 2.24) is 15.0 Å². The molecule has 0 fully saturated rings. The van der Waals surface area contributed by atoms with Gasteiger partial charge in [0, 0.05) is 24.4 Å². The molecule has 0 unspecified atom stereocenters. The van der Waals surface area contributed by atoms with Crippen molar-refractivity contribution < 1.29 is 13.6 Å². The zero-order valence-electron chi connectivity index (χ0n) is 14.2. The maximum absolute atomic E-state index is 13.9. The summed E-state index contributed by atoms with van der Waals surface area (Å²) >= 11 is -0.168. The number of benzene rings is 1. The molecule has 2 heterocycles. The van der Waals surface area contributed by atoms with Crippen LogP contribution in [-0.4, -0.2) is 25.4 Å². The highest BCUT2D eigenvalue weighted by Crippen LogP contribution is 2.39. The molecule has 0 radical (unpaired) electrons. The van der Waals surface area contributed by atoms with E-state index in [1.54, 1.807) is 19.1 Å². The zero-order valence-corrected chi connectivity index (χ0v) is 17.2.